The summed E-state index contributed by atoms with van der Waals surface area (Å²) >= 11 is 3.33. The average molecular weight is 357 g/mol. The van der Waals surface area contributed by atoms with Crippen LogP contribution >= 0.6 is 15.9 Å². The topological polar surface area (TPSA) is 51.7 Å². The van der Waals surface area contributed by atoms with Gasteiger partial charge in [-0.05, 0) is 47.8 Å². The highest BCUT2D eigenvalue weighted by Crippen LogP contribution is 2.19. The van der Waals surface area contributed by atoms with Gasteiger partial charge >= 0.3 is 0 Å². The van der Waals surface area contributed by atoms with Crippen molar-refractivity contribution in [2.45, 2.75) is 25.9 Å². The normalized spacial score (nSPS) is 16.2. The number of likely N-dealkylation sites (tertiary alicyclic amines) is 1. The third-order valence-corrected chi connectivity index (χ3v) is 4.14. The number of nitrogens with zero attached hydrogens (tertiary/aromatic N) is 2. The summed E-state index contributed by atoms with van der Waals surface area (Å²) in [5, 5.41) is 0. The van der Waals surface area contributed by atoms with Gasteiger partial charge in [-0.3, -0.25) is 4.79 Å². The number of ether oxygens (including phenoxy) is 2. The van der Waals surface area contributed by atoms with Crippen molar-refractivity contribution in [3.05, 3.63) is 28.5 Å². The lowest BCUT2D eigenvalue weighted by Crippen LogP contribution is -2.41. The molecule has 0 atom stereocenters. The fourth-order valence-corrected chi connectivity index (χ4v) is 2.78. The lowest BCUT2D eigenvalue weighted by molar-refractivity contribution is -0.0183. The fourth-order valence-electron chi connectivity index (χ4n) is 2.36. The Balaban J connectivity index is 1.78. The Bertz CT molecular complexity index is 462. The van der Waals surface area contributed by atoms with E-state index in [9.17, 15) is 4.79 Å². The van der Waals surface area contributed by atoms with E-state index in [4.69, 9.17) is 9.47 Å². The molecule has 0 N–H and O–H groups in total. The van der Waals surface area contributed by atoms with Crippen LogP contribution in [-0.4, -0.2) is 54.8 Å². The number of piperidine rings is 1. The number of hydrogen-bond acceptors (Lipinski definition) is 4. The van der Waals surface area contributed by atoms with E-state index in [0.29, 0.717) is 23.4 Å². The maximum Gasteiger partial charge on any atom is 0.256 e. The average Bonchev–Trinajstić information content (AvgIpc) is 2.52. The maximum atomic E-state index is 12.4. The van der Waals surface area contributed by atoms with Gasteiger partial charge in [-0.15, -0.1) is 0 Å². The lowest BCUT2D eigenvalue weighted by Gasteiger charge is -2.32. The molecular weight excluding hydrogens is 336 g/mol. The molecule has 1 saturated heterocycles. The highest BCUT2D eigenvalue weighted by Gasteiger charge is 2.25. The molecule has 0 spiro atoms. The monoisotopic (exact) mass is 356 g/mol. The Labute approximate surface area is 133 Å². The van der Waals surface area contributed by atoms with E-state index >= 15 is 0 Å². The Kier molecular flexibility index (Phi) is 6.60. The number of hydrogen-bond donors (Lipinski definition) is 0. The SMILES string of the molecule is CCOCCOC1CCN(C(=O)c2cccnc2Br)CC1. The zero-order chi connectivity index (χ0) is 15.1. The number of pyridine rings is 1. The van der Waals surface area contributed by atoms with Gasteiger partial charge in [-0.1, -0.05) is 0 Å². The molecule has 1 aliphatic rings. The first kappa shape index (κ1) is 16.4. The van der Waals surface area contributed by atoms with Gasteiger partial charge in [0.15, 0.2) is 0 Å². The first-order valence-electron chi connectivity index (χ1n) is 7.31. The van der Waals surface area contributed by atoms with Crippen molar-refractivity contribution in [2.24, 2.45) is 0 Å². The van der Waals surface area contributed by atoms with Crippen molar-refractivity contribution in [3.63, 3.8) is 0 Å². The first-order chi connectivity index (χ1) is 10.2. The van der Waals surface area contributed by atoms with Gasteiger partial charge in [0.1, 0.15) is 4.60 Å². The molecule has 116 valence electrons. The summed E-state index contributed by atoms with van der Waals surface area (Å²) in [6, 6.07) is 3.58. The Morgan fingerprint density at radius 3 is 2.86 bits per heavy atom. The summed E-state index contributed by atoms with van der Waals surface area (Å²) < 4.78 is 11.6. The van der Waals surface area contributed by atoms with Gasteiger partial charge in [0.05, 0.1) is 24.9 Å². The van der Waals surface area contributed by atoms with Crippen molar-refractivity contribution < 1.29 is 14.3 Å². The molecule has 1 fully saturated rings. The van der Waals surface area contributed by atoms with Crippen LogP contribution in [0.2, 0.25) is 0 Å². The molecule has 0 saturated carbocycles. The molecule has 5 nitrogen and oxygen atoms in total. The van der Waals surface area contributed by atoms with Crippen LogP contribution in [-0.2, 0) is 9.47 Å². The zero-order valence-corrected chi connectivity index (χ0v) is 13.8. The van der Waals surface area contributed by atoms with Crippen LogP contribution < -0.4 is 0 Å². The number of halogens is 1. The minimum Gasteiger partial charge on any atom is -0.379 e. The lowest BCUT2D eigenvalue weighted by atomic mass is 10.1. The van der Waals surface area contributed by atoms with Crippen molar-refractivity contribution in [3.8, 4) is 0 Å². The van der Waals surface area contributed by atoms with E-state index in [0.717, 1.165) is 32.5 Å². The Hall–Kier alpha value is -0.980. The summed E-state index contributed by atoms with van der Waals surface area (Å²) in [5.41, 5.74) is 0.619. The smallest absolute Gasteiger partial charge is 0.256 e. The molecule has 1 aromatic rings. The molecule has 1 aliphatic heterocycles. The van der Waals surface area contributed by atoms with E-state index in [1.54, 1.807) is 18.3 Å². The zero-order valence-electron chi connectivity index (χ0n) is 12.3. The summed E-state index contributed by atoms with van der Waals surface area (Å²) in [5.74, 6) is 0.0303. The number of carbonyl (C=O) groups is 1. The largest absolute Gasteiger partial charge is 0.379 e. The third kappa shape index (κ3) is 4.76. The molecule has 2 rings (SSSR count). The number of amides is 1. The summed E-state index contributed by atoms with van der Waals surface area (Å²) in [6.45, 7) is 5.40. The Morgan fingerprint density at radius 1 is 1.43 bits per heavy atom. The quantitative estimate of drug-likeness (QED) is 0.580. The third-order valence-electron chi connectivity index (χ3n) is 3.50. The molecule has 0 aromatic carbocycles. The predicted molar refractivity (Wildman–Crippen MR) is 83.3 cm³/mol. The van der Waals surface area contributed by atoms with Crippen molar-refractivity contribution >= 4 is 21.8 Å². The highest BCUT2D eigenvalue weighted by molar-refractivity contribution is 9.10. The van der Waals surface area contributed by atoms with Crippen molar-refractivity contribution in [1.29, 1.82) is 0 Å². The second-order valence-electron chi connectivity index (χ2n) is 4.90. The number of aromatic nitrogens is 1. The molecule has 0 bridgehead atoms. The molecule has 6 heteroatoms. The van der Waals surface area contributed by atoms with E-state index in [1.165, 1.54) is 0 Å². The van der Waals surface area contributed by atoms with Crippen LogP contribution in [0.15, 0.2) is 22.9 Å². The maximum absolute atomic E-state index is 12.4. The van der Waals surface area contributed by atoms with Gasteiger partial charge in [0, 0.05) is 25.9 Å². The second-order valence-corrected chi connectivity index (χ2v) is 5.65. The minimum atomic E-state index is 0.0303. The van der Waals surface area contributed by atoms with Crippen LogP contribution in [0, 0.1) is 0 Å². The number of carbonyl (C=O) groups excluding carboxylic acids is 1. The van der Waals surface area contributed by atoms with Crippen LogP contribution in [0.25, 0.3) is 0 Å². The van der Waals surface area contributed by atoms with Crippen LogP contribution in [0.3, 0.4) is 0 Å². The standard InChI is InChI=1S/C15H21BrN2O3/c1-2-20-10-11-21-12-5-8-18(9-6-12)15(19)13-4-3-7-17-14(13)16/h3-4,7,12H,2,5-6,8-11H2,1H3. The summed E-state index contributed by atoms with van der Waals surface area (Å²) in [6.07, 6.45) is 3.64. The van der Waals surface area contributed by atoms with Crippen molar-refractivity contribution in [1.82, 2.24) is 9.88 Å². The van der Waals surface area contributed by atoms with Crippen LogP contribution in [0.5, 0.6) is 0 Å². The molecular formula is C15H21BrN2O3. The van der Waals surface area contributed by atoms with E-state index in [1.807, 2.05) is 11.8 Å². The molecule has 0 unspecified atom stereocenters. The van der Waals surface area contributed by atoms with E-state index in [2.05, 4.69) is 20.9 Å². The van der Waals surface area contributed by atoms with E-state index < -0.39 is 0 Å². The van der Waals surface area contributed by atoms with Crippen molar-refractivity contribution in [2.75, 3.05) is 32.9 Å². The minimum absolute atomic E-state index is 0.0303. The van der Waals surface area contributed by atoms with Gasteiger partial charge in [0.25, 0.3) is 5.91 Å². The first-order valence-corrected chi connectivity index (χ1v) is 8.10. The highest BCUT2D eigenvalue weighted by atomic mass is 79.9. The molecule has 21 heavy (non-hydrogen) atoms. The van der Waals surface area contributed by atoms with Crippen LogP contribution in [0.4, 0.5) is 0 Å². The van der Waals surface area contributed by atoms with Gasteiger partial charge in [-0.2, -0.15) is 0 Å². The Morgan fingerprint density at radius 2 is 2.19 bits per heavy atom. The van der Waals surface area contributed by atoms with Crippen LogP contribution in [0.1, 0.15) is 30.1 Å². The number of rotatable bonds is 6. The predicted octanol–water partition coefficient (Wildman–Crippen LogP) is 2.50. The van der Waals surface area contributed by atoms with Gasteiger partial charge in [0.2, 0.25) is 0 Å². The van der Waals surface area contributed by atoms with E-state index in [-0.39, 0.29) is 12.0 Å². The molecule has 1 aromatic heterocycles. The summed E-state index contributed by atoms with van der Waals surface area (Å²) in [7, 11) is 0. The molecule has 0 aliphatic carbocycles. The summed E-state index contributed by atoms with van der Waals surface area (Å²) in [4.78, 5) is 18.4. The fraction of sp³-hybridized carbons (Fsp3) is 0.600. The van der Waals surface area contributed by atoms with Gasteiger partial charge in [-0.25, -0.2) is 4.98 Å². The van der Waals surface area contributed by atoms with Gasteiger partial charge < -0.3 is 14.4 Å². The second kappa shape index (κ2) is 8.46. The molecule has 0 radical (unpaired) electrons. The molecule has 2 heterocycles. The molecule has 1 amide bonds.